The number of allylic oxidation sites excluding steroid dienone is 10. The molecule has 0 saturated carbocycles. The van der Waals surface area contributed by atoms with Gasteiger partial charge in [0.15, 0.2) is 0 Å². The van der Waals surface area contributed by atoms with E-state index in [1.54, 1.807) is 0 Å². The minimum atomic E-state index is 0.00633. The number of aromatic nitrogens is 2. The highest BCUT2D eigenvalue weighted by molar-refractivity contribution is 5.67. The van der Waals surface area contributed by atoms with Crippen LogP contribution in [0, 0.1) is 5.92 Å². The first-order chi connectivity index (χ1) is 13.2. The van der Waals surface area contributed by atoms with Gasteiger partial charge >= 0.3 is 0 Å². The molecule has 0 fully saturated rings. The molecule has 0 aromatic carbocycles. The second kappa shape index (κ2) is 7.83. The number of hydrogen-bond acceptors (Lipinski definition) is 3. The lowest BCUT2D eigenvalue weighted by Crippen LogP contribution is -2.34. The molecule has 4 nitrogen and oxygen atoms in total. The molecular weight excluding hydrogens is 332 g/mol. The molecule has 4 heteroatoms. The normalized spacial score (nSPS) is 24.3. The van der Waals surface area contributed by atoms with Gasteiger partial charge in [-0.2, -0.15) is 0 Å². The van der Waals surface area contributed by atoms with Crippen LogP contribution in [0.5, 0.6) is 0 Å². The SMILES string of the molecule is CNC(c1ncc(C2=CC=C(C3=CC4=CC=CCC4CC3)CC2)[nH]1)C(C)N. The first-order valence-electron chi connectivity index (χ1n) is 10.1. The monoisotopic (exact) mass is 362 g/mol. The predicted octanol–water partition coefficient (Wildman–Crippen LogP) is 4.34. The molecule has 1 aromatic rings. The Kier molecular flexibility index (Phi) is 5.28. The lowest BCUT2D eigenvalue weighted by molar-refractivity contribution is 0.483. The molecule has 4 rings (SSSR count). The van der Waals surface area contributed by atoms with Gasteiger partial charge in [-0.05, 0) is 74.3 Å². The average Bonchev–Trinajstić information content (AvgIpc) is 3.18. The second-order valence-corrected chi connectivity index (χ2v) is 7.93. The third kappa shape index (κ3) is 3.78. The molecule has 0 saturated heterocycles. The molecule has 27 heavy (non-hydrogen) atoms. The summed E-state index contributed by atoms with van der Waals surface area (Å²) in [6.45, 7) is 2.00. The van der Waals surface area contributed by atoms with Gasteiger partial charge in [0.1, 0.15) is 5.82 Å². The Morgan fingerprint density at radius 1 is 1.15 bits per heavy atom. The summed E-state index contributed by atoms with van der Waals surface area (Å²) in [5, 5.41) is 3.24. The highest BCUT2D eigenvalue weighted by atomic mass is 15.0. The zero-order valence-electron chi connectivity index (χ0n) is 16.3. The lowest BCUT2D eigenvalue weighted by Gasteiger charge is -2.27. The maximum Gasteiger partial charge on any atom is 0.125 e. The van der Waals surface area contributed by atoms with Crippen LogP contribution in [0.3, 0.4) is 0 Å². The van der Waals surface area contributed by atoms with Gasteiger partial charge in [-0.1, -0.05) is 36.5 Å². The summed E-state index contributed by atoms with van der Waals surface area (Å²) in [7, 11) is 1.92. The molecule has 1 heterocycles. The van der Waals surface area contributed by atoms with Crippen LogP contribution in [0.4, 0.5) is 0 Å². The van der Waals surface area contributed by atoms with Crippen LogP contribution in [-0.2, 0) is 0 Å². The smallest absolute Gasteiger partial charge is 0.125 e. The van der Waals surface area contributed by atoms with Crippen LogP contribution in [0.2, 0.25) is 0 Å². The number of likely N-dealkylation sites (N-methyl/N-ethyl adjacent to an activating group) is 1. The van der Waals surface area contributed by atoms with Crippen molar-refractivity contribution in [2.45, 2.75) is 51.1 Å². The Labute approximate surface area is 162 Å². The van der Waals surface area contributed by atoms with Crippen molar-refractivity contribution >= 4 is 5.57 Å². The van der Waals surface area contributed by atoms with Crippen LogP contribution in [0.15, 0.2) is 59.4 Å². The highest BCUT2D eigenvalue weighted by Crippen LogP contribution is 2.38. The molecule has 0 amide bonds. The molecule has 4 N–H and O–H groups in total. The van der Waals surface area contributed by atoms with E-state index in [-0.39, 0.29) is 12.1 Å². The molecule has 0 bridgehead atoms. The largest absolute Gasteiger partial charge is 0.341 e. The van der Waals surface area contributed by atoms with Crippen LogP contribution in [0.1, 0.15) is 56.6 Å². The average molecular weight is 363 g/mol. The number of nitrogens with one attached hydrogen (secondary N) is 2. The minimum absolute atomic E-state index is 0.00633. The van der Waals surface area contributed by atoms with Crippen molar-refractivity contribution < 1.29 is 0 Å². The number of hydrogen-bond donors (Lipinski definition) is 3. The summed E-state index contributed by atoms with van der Waals surface area (Å²) in [6.07, 6.45) is 21.6. The summed E-state index contributed by atoms with van der Waals surface area (Å²) >= 11 is 0. The highest BCUT2D eigenvalue weighted by Gasteiger charge is 2.23. The molecule has 0 spiro atoms. The van der Waals surface area contributed by atoms with Crippen LogP contribution < -0.4 is 11.1 Å². The van der Waals surface area contributed by atoms with Gasteiger partial charge < -0.3 is 16.0 Å². The molecule has 3 aliphatic carbocycles. The maximum atomic E-state index is 6.05. The zero-order chi connectivity index (χ0) is 18.8. The third-order valence-corrected chi connectivity index (χ3v) is 6.05. The van der Waals surface area contributed by atoms with Crippen LogP contribution in [-0.4, -0.2) is 23.1 Å². The fourth-order valence-corrected chi connectivity index (χ4v) is 4.44. The van der Waals surface area contributed by atoms with E-state index in [2.05, 4.69) is 51.7 Å². The maximum absolute atomic E-state index is 6.05. The van der Waals surface area contributed by atoms with Crippen molar-refractivity contribution in [3.05, 3.63) is 70.9 Å². The first-order valence-corrected chi connectivity index (χ1v) is 10.1. The molecular formula is C23H30N4. The molecule has 1 aromatic heterocycles. The van der Waals surface area contributed by atoms with E-state index < -0.39 is 0 Å². The van der Waals surface area contributed by atoms with Gasteiger partial charge in [0.25, 0.3) is 0 Å². The van der Waals surface area contributed by atoms with E-state index in [1.165, 1.54) is 41.6 Å². The van der Waals surface area contributed by atoms with Crippen molar-refractivity contribution in [3.63, 3.8) is 0 Å². The molecule has 0 radical (unpaired) electrons. The first kappa shape index (κ1) is 18.2. The molecule has 3 unspecified atom stereocenters. The Balaban J connectivity index is 1.52. The van der Waals surface area contributed by atoms with E-state index in [0.717, 1.165) is 30.3 Å². The van der Waals surface area contributed by atoms with Crippen molar-refractivity contribution in [2.24, 2.45) is 11.7 Å². The topological polar surface area (TPSA) is 66.7 Å². The minimum Gasteiger partial charge on any atom is -0.341 e. The van der Waals surface area contributed by atoms with Crippen molar-refractivity contribution in [3.8, 4) is 0 Å². The van der Waals surface area contributed by atoms with Crippen molar-refractivity contribution in [2.75, 3.05) is 7.05 Å². The summed E-state index contributed by atoms with van der Waals surface area (Å²) in [6, 6.07) is 0.0547. The Bertz CT molecular complexity index is 847. The summed E-state index contributed by atoms with van der Waals surface area (Å²) in [5.74, 6) is 1.65. The Hall–Kier alpha value is -2.17. The molecule has 3 atom stereocenters. The van der Waals surface area contributed by atoms with E-state index >= 15 is 0 Å². The summed E-state index contributed by atoms with van der Waals surface area (Å²) < 4.78 is 0. The number of H-pyrrole nitrogens is 1. The Morgan fingerprint density at radius 3 is 2.70 bits per heavy atom. The van der Waals surface area contributed by atoms with Gasteiger partial charge in [-0.3, -0.25) is 0 Å². The number of aromatic amines is 1. The predicted molar refractivity (Wildman–Crippen MR) is 112 cm³/mol. The van der Waals surface area contributed by atoms with E-state index in [1.807, 2.05) is 20.2 Å². The fourth-order valence-electron chi connectivity index (χ4n) is 4.44. The number of nitrogens with zero attached hydrogens (tertiary/aromatic N) is 1. The van der Waals surface area contributed by atoms with Crippen molar-refractivity contribution in [1.82, 2.24) is 15.3 Å². The lowest BCUT2D eigenvalue weighted by atomic mass is 9.78. The van der Waals surface area contributed by atoms with Gasteiger partial charge in [0.05, 0.1) is 17.9 Å². The van der Waals surface area contributed by atoms with E-state index in [9.17, 15) is 0 Å². The van der Waals surface area contributed by atoms with Crippen molar-refractivity contribution in [1.29, 1.82) is 0 Å². The molecule has 0 aliphatic heterocycles. The van der Waals surface area contributed by atoms with Gasteiger partial charge in [0.2, 0.25) is 0 Å². The number of rotatable bonds is 5. The quantitative estimate of drug-likeness (QED) is 0.730. The van der Waals surface area contributed by atoms with Gasteiger partial charge in [-0.25, -0.2) is 4.98 Å². The van der Waals surface area contributed by atoms with Crippen LogP contribution in [0.25, 0.3) is 5.57 Å². The van der Waals surface area contributed by atoms with E-state index in [4.69, 9.17) is 5.73 Å². The zero-order valence-corrected chi connectivity index (χ0v) is 16.3. The number of nitrogens with two attached hydrogens (primary N) is 1. The second-order valence-electron chi connectivity index (χ2n) is 7.93. The number of fused-ring (bicyclic) bond motifs is 1. The summed E-state index contributed by atoms with van der Waals surface area (Å²) in [4.78, 5) is 8.02. The standard InChI is InChI=1S/C23H30N4/c1-15(24)22(25-2)23-26-14-21(27-23)18-10-7-17(8-11-18)20-12-9-16-5-3-4-6-19(16)13-20/h3-4,6-7,10,13-16,22,25H,5,8-9,11-12,24H2,1-2H3,(H,26,27). The van der Waals surface area contributed by atoms with Crippen LogP contribution >= 0.6 is 0 Å². The number of imidazole rings is 1. The van der Waals surface area contributed by atoms with E-state index in [0.29, 0.717) is 0 Å². The third-order valence-electron chi connectivity index (χ3n) is 6.05. The summed E-state index contributed by atoms with van der Waals surface area (Å²) in [5.41, 5.74) is 13.0. The van der Waals surface area contributed by atoms with Gasteiger partial charge in [0, 0.05) is 6.04 Å². The molecule has 142 valence electrons. The fraction of sp³-hybridized carbons (Fsp3) is 0.435. The molecule has 3 aliphatic rings. The Morgan fingerprint density at radius 2 is 1.96 bits per heavy atom. The van der Waals surface area contributed by atoms with Gasteiger partial charge in [-0.15, -0.1) is 0 Å².